The molecule has 4 rings (SSSR count). The maximum Gasteiger partial charge on any atom is 0.265 e. The van der Waals surface area contributed by atoms with E-state index in [1.165, 1.54) is 11.3 Å². The molecular formula is C21H27N3O4. The van der Waals surface area contributed by atoms with E-state index in [1.54, 1.807) is 18.2 Å². The van der Waals surface area contributed by atoms with Crippen LogP contribution in [0.3, 0.4) is 0 Å². The molecule has 0 spiro atoms. The Morgan fingerprint density at radius 1 is 1.07 bits per heavy atom. The van der Waals surface area contributed by atoms with E-state index in [1.807, 2.05) is 4.90 Å². The molecular weight excluding hydrogens is 358 g/mol. The molecule has 3 amide bonds. The first-order chi connectivity index (χ1) is 13.6. The first-order valence-electron chi connectivity index (χ1n) is 10.3. The highest BCUT2D eigenvalue weighted by Crippen LogP contribution is 2.33. The van der Waals surface area contributed by atoms with E-state index in [0.29, 0.717) is 17.0 Å². The lowest BCUT2D eigenvalue weighted by atomic mass is 9.95. The van der Waals surface area contributed by atoms with E-state index in [-0.39, 0.29) is 36.9 Å². The summed E-state index contributed by atoms with van der Waals surface area (Å²) < 4.78 is 5.51. The smallest absolute Gasteiger partial charge is 0.265 e. The second kappa shape index (κ2) is 8.20. The largest absolute Gasteiger partial charge is 0.482 e. The molecule has 1 N–H and O–H groups in total. The maximum atomic E-state index is 12.7. The molecule has 0 radical (unpaired) electrons. The highest BCUT2D eigenvalue weighted by Gasteiger charge is 2.30. The molecule has 0 unspecified atom stereocenters. The zero-order chi connectivity index (χ0) is 19.5. The number of carbonyl (C=O) groups excluding carboxylic acids is 3. The van der Waals surface area contributed by atoms with Gasteiger partial charge in [0.15, 0.2) is 6.61 Å². The topological polar surface area (TPSA) is 79.0 Å². The van der Waals surface area contributed by atoms with Gasteiger partial charge in [-0.3, -0.25) is 19.3 Å². The van der Waals surface area contributed by atoms with Gasteiger partial charge in [0.05, 0.1) is 5.69 Å². The fraction of sp³-hybridized carbons (Fsp3) is 0.571. The average Bonchev–Trinajstić information content (AvgIpc) is 3.25. The molecule has 7 nitrogen and oxygen atoms in total. The molecule has 1 aromatic carbocycles. The van der Waals surface area contributed by atoms with Crippen LogP contribution in [0.4, 0.5) is 5.69 Å². The van der Waals surface area contributed by atoms with E-state index in [2.05, 4.69) is 5.32 Å². The third-order valence-electron chi connectivity index (χ3n) is 5.81. The molecule has 0 bridgehead atoms. The number of likely N-dealkylation sites (tertiary alicyclic amines) is 1. The zero-order valence-corrected chi connectivity index (χ0v) is 16.1. The van der Waals surface area contributed by atoms with Crippen molar-refractivity contribution in [2.24, 2.45) is 0 Å². The summed E-state index contributed by atoms with van der Waals surface area (Å²) in [6.45, 7) is 1.38. The van der Waals surface area contributed by atoms with Crippen molar-refractivity contribution in [1.29, 1.82) is 0 Å². The standard InChI is InChI=1S/C21H27N3O4/c25-19(22-16-6-2-1-3-7-16)13-24-17-12-15(21(27)23-10-4-5-11-23)8-9-18(17)28-14-20(24)26/h8-9,12,16H,1-7,10-11,13-14H2,(H,22,25). The Morgan fingerprint density at radius 2 is 1.82 bits per heavy atom. The van der Waals surface area contributed by atoms with E-state index in [0.717, 1.165) is 51.6 Å². The Kier molecular flexibility index (Phi) is 5.50. The average molecular weight is 385 g/mol. The third-order valence-corrected chi connectivity index (χ3v) is 5.81. The van der Waals surface area contributed by atoms with Crippen LogP contribution in [0.2, 0.25) is 0 Å². The fourth-order valence-corrected chi connectivity index (χ4v) is 4.28. The highest BCUT2D eigenvalue weighted by atomic mass is 16.5. The molecule has 1 aliphatic carbocycles. The summed E-state index contributed by atoms with van der Waals surface area (Å²) in [7, 11) is 0. The monoisotopic (exact) mass is 385 g/mol. The molecule has 2 heterocycles. The van der Waals surface area contributed by atoms with Crippen molar-refractivity contribution in [3.63, 3.8) is 0 Å². The summed E-state index contributed by atoms with van der Waals surface area (Å²) in [6.07, 6.45) is 7.51. The molecule has 1 aromatic rings. The first kappa shape index (κ1) is 18.8. The molecule has 0 atom stereocenters. The molecule has 1 saturated heterocycles. The van der Waals surface area contributed by atoms with Crippen molar-refractivity contribution in [1.82, 2.24) is 10.2 Å². The lowest BCUT2D eigenvalue weighted by Crippen LogP contribution is -2.47. The van der Waals surface area contributed by atoms with Crippen LogP contribution >= 0.6 is 0 Å². The number of hydrogen-bond donors (Lipinski definition) is 1. The molecule has 2 aliphatic heterocycles. The summed E-state index contributed by atoms with van der Waals surface area (Å²) >= 11 is 0. The van der Waals surface area contributed by atoms with Gasteiger partial charge in [-0.1, -0.05) is 19.3 Å². The number of amides is 3. The Balaban J connectivity index is 1.50. The Morgan fingerprint density at radius 3 is 2.57 bits per heavy atom. The van der Waals surface area contributed by atoms with Gasteiger partial charge in [-0.05, 0) is 43.9 Å². The SMILES string of the molecule is O=C(CN1C(=O)COc2ccc(C(=O)N3CCCC3)cc21)NC1CCCCC1. The lowest BCUT2D eigenvalue weighted by molar-refractivity contribution is -0.125. The molecule has 3 aliphatic rings. The van der Waals surface area contributed by atoms with Crippen LogP contribution in [0.1, 0.15) is 55.3 Å². The Labute approximate surface area is 165 Å². The summed E-state index contributed by atoms with van der Waals surface area (Å²) in [5.74, 6) is 0.0643. The van der Waals surface area contributed by atoms with Crippen molar-refractivity contribution in [3.05, 3.63) is 23.8 Å². The molecule has 150 valence electrons. The number of rotatable bonds is 4. The molecule has 2 fully saturated rings. The second-order valence-corrected chi connectivity index (χ2v) is 7.85. The van der Waals surface area contributed by atoms with E-state index >= 15 is 0 Å². The number of nitrogens with one attached hydrogen (secondary N) is 1. The van der Waals surface area contributed by atoms with Crippen LogP contribution in [0.5, 0.6) is 5.75 Å². The number of carbonyl (C=O) groups is 3. The van der Waals surface area contributed by atoms with E-state index in [4.69, 9.17) is 4.74 Å². The lowest BCUT2D eigenvalue weighted by Gasteiger charge is -2.30. The van der Waals surface area contributed by atoms with Gasteiger partial charge >= 0.3 is 0 Å². The minimum absolute atomic E-state index is 0.0371. The van der Waals surface area contributed by atoms with Gasteiger partial charge in [0.1, 0.15) is 12.3 Å². The number of fused-ring (bicyclic) bond motifs is 1. The second-order valence-electron chi connectivity index (χ2n) is 7.85. The van der Waals surface area contributed by atoms with Gasteiger partial charge < -0.3 is 15.0 Å². The molecule has 7 heteroatoms. The quantitative estimate of drug-likeness (QED) is 0.861. The van der Waals surface area contributed by atoms with Gasteiger partial charge in [0.25, 0.3) is 11.8 Å². The molecule has 1 saturated carbocycles. The van der Waals surface area contributed by atoms with Crippen molar-refractivity contribution >= 4 is 23.4 Å². The molecule has 0 aromatic heterocycles. The maximum absolute atomic E-state index is 12.7. The van der Waals surface area contributed by atoms with E-state index in [9.17, 15) is 14.4 Å². The van der Waals surface area contributed by atoms with Gasteiger partial charge in [0.2, 0.25) is 5.91 Å². The van der Waals surface area contributed by atoms with Gasteiger partial charge in [-0.15, -0.1) is 0 Å². The summed E-state index contributed by atoms with van der Waals surface area (Å²) in [4.78, 5) is 41.0. The zero-order valence-electron chi connectivity index (χ0n) is 16.1. The predicted octanol–water partition coefficient (Wildman–Crippen LogP) is 2.10. The minimum atomic E-state index is -0.267. The number of hydrogen-bond acceptors (Lipinski definition) is 4. The molecule has 28 heavy (non-hydrogen) atoms. The fourth-order valence-electron chi connectivity index (χ4n) is 4.28. The van der Waals surface area contributed by atoms with Crippen LogP contribution < -0.4 is 15.0 Å². The van der Waals surface area contributed by atoms with Gasteiger partial charge in [-0.25, -0.2) is 0 Å². The van der Waals surface area contributed by atoms with Crippen LogP contribution in [0.15, 0.2) is 18.2 Å². The summed E-state index contributed by atoms with van der Waals surface area (Å²) in [6, 6.07) is 5.33. The van der Waals surface area contributed by atoms with Crippen molar-refractivity contribution < 1.29 is 19.1 Å². The number of benzene rings is 1. The number of ether oxygens (including phenoxy) is 1. The predicted molar refractivity (Wildman–Crippen MR) is 104 cm³/mol. The van der Waals surface area contributed by atoms with Crippen molar-refractivity contribution in [2.45, 2.75) is 51.0 Å². The van der Waals surface area contributed by atoms with E-state index < -0.39 is 0 Å². The van der Waals surface area contributed by atoms with Gasteiger partial charge in [0, 0.05) is 24.7 Å². The van der Waals surface area contributed by atoms with Gasteiger partial charge in [-0.2, -0.15) is 0 Å². The third kappa shape index (κ3) is 3.98. The van der Waals surface area contributed by atoms with Crippen LogP contribution in [-0.2, 0) is 9.59 Å². The Hall–Kier alpha value is -2.57. The normalized spacial score (nSPS) is 19.9. The Bertz CT molecular complexity index is 767. The van der Waals surface area contributed by atoms with Crippen LogP contribution in [-0.4, -0.2) is 54.9 Å². The van der Waals surface area contributed by atoms with Crippen molar-refractivity contribution in [2.75, 3.05) is 31.1 Å². The summed E-state index contributed by atoms with van der Waals surface area (Å²) in [5, 5.41) is 3.05. The van der Waals surface area contributed by atoms with Crippen LogP contribution in [0, 0.1) is 0 Å². The highest BCUT2D eigenvalue weighted by molar-refractivity contribution is 6.04. The summed E-state index contributed by atoms with van der Waals surface area (Å²) in [5.41, 5.74) is 1.02. The number of nitrogens with zero attached hydrogens (tertiary/aromatic N) is 2. The first-order valence-corrected chi connectivity index (χ1v) is 10.3. The minimum Gasteiger partial charge on any atom is -0.482 e. The van der Waals surface area contributed by atoms with Crippen LogP contribution in [0.25, 0.3) is 0 Å². The number of anilines is 1. The van der Waals surface area contributed by atoms with Crippen molar-refractivity contribution in [3.8, 4) is 5.75 Å².